The van der Waals surface area contributed by atoms with E-state index in [0.717, 1.165) is 6.07 Å². The normalized spacial score (nSPS) is 13.0. The van der Waals surface area contributed by atoms with Crippen molar-refractivity contribution >= 4 is 20.2 Å². The lowest BCUT2D eigenvalue weighted by Crippen LogP contribution is -2.12. The van der Waals surface area contributed by atoms with Gasteiger partial charge in [0.1, 0.15) is 9.79 Å². The van der Waals surface area contributed by atoms with E-state index in [0.29, 0.717) is 0 Å². The molecule has 0 aliphatic rings. The minimum Gasteiger partial charge on any atom is -0.282 e. The smallest absolute Gasteiger partial charge is 0.282 e. The summed E-state index contributed by atoms with van der Waals surface area (Å²) in [4.78, 5) is -1.58. The topological polar surface area (TPSA) is 109 Å². The number of rotatable bonds is 3. The molecule has 8 heteroatoms. The van der Waals surface area contributed by atoms with Gasteiger partial charge in [0.05, 0.1) is 0 Å². The van der Waals surface area contributed by atoms with Gasteiger partial charge in [-0.1, -0.05) is 26.0 Å². The summed E-state index contributed by atoms with van der Waals surface area (Å²) in [6, 6.07) is 3.60. The van der Waals surface area contributed by atoms with Crippen LogP contribution in [0, 0.1) is 0 Å². The Labute approximate surface area is 99.8 Å². The quantitative estimate of drug-likeness (QED) is 0.808. The Balaban J connectivity index is 3.83. The number of hydrogen-bond donors (Lipinski definition) is 2. The van der Waals surface area contributed by atoms with Gasteiger partial charge in [0.25, 0.3) is 20.2 Å². The molecule has 0 aliphatic carbocycles. The molecule has 0 fully saturated rings. The largest absolute Gasteiger partial charge is 0.296 e. The Morgan fingerprint density at radius 3 is 1.88 bits per heavy atom. The molecule has 0 radical (unpaired) electrons. The van der Waals surface area contributed by atoms with E-state index in [1.54, 1.807) is 13.8 Å². The molecule has 0 amide bonds. The molecular weight excluding hydrogens is 268 g/mol. The van der Waals surface area contributed by atoms with Crippen LogP contribution in [-0.2, 0) is 20.2 Å². The summed E-state index contributed by atoms with van der Waals surface area (Å²) in [6.07, 6.45) is 0. The third-order valence-electron chi connectivity index (χ3n) is 2.17. The van der Waals surface area contributed by atoms with Crippen LogP contribution in [0.1, 0.15) is 25.3 Å². The van der Waals surface area contributed by atoms with Crippen LogP contribution in [0.2, 0.25) is 0 Å². The highest BCUT2D eigenvalue weighted by Crippen LogP contribution is 2.29. The third-order valence-corrected chi connectivity index (χ3v) is 4.16. The van der Waals surface area contributed by atoms with Crippen LogP contribution in [-0.4, -0.2) is 25.9 Å². The Morgan fingerprint density at radius 2 is 1.53 bits per heavy atom. The maximum atomic E-state index is 11.2. The maximum absolute atomic E-state index is 11.2. The highest BCUT2D eigenvalue weighted by Gasteiger charge is 2.27. The van der Waals surface area contributed by atoms with Crippen LogP contribution in [0.25, 0.3) is 0 Å². The first-order valence-corrected chi connectivity index (χ1v) is 7.51. The van der Waals surface area contributed by atoms with Crippen LogP contribution >= 0.6 is 0 Å². The van der Waals surface area contributed by atoms with Gasteiger partial charge in [-0.2, -0.15) is 16.8 Å². The summed E-state index contributed by atoms with van der Waals surface area (Å²) < 4.78 is 62.5. The molecular formula is C9H12O6S2. The van der Waals surface area contributed by atoms with Gasteiger partial charge in [-0.3, -0.25) is 9.11 Å². The molecule has 6 nitrogen and oxygen atoms in total. The fourth-order valence-electron chi connectivity index (χ4n) is 1.47. The van der Waals surface area contributed by atoms with Crippen molar-refractivity contribution in [3.8, 4) is 0 Å². The molecule has 0 spiro atoms. The zero-order valence-electron chi connectivity index (χ0n) is 9.15. The summed E-state index contributed by atoms with van der Waals surface area (Å²) in [5, 5.41) is 0. The van der Waals surface area contributed by atoms with Crippen molar-refractivity contribution in [2.75, 3.05) is 0 Å². The van der Waals surface area contributed by atoms with Crippen LogP contribution in [0.5, 0.6) is 0 Å². The van der Waals surface area contributed by atoms with E-state index in [4.69, 9.17) is 9.11 Å². The van der Waals surface area contributed by atoms with Crippen LogP contribution < -0.4 is 0 Å². The summed E-state index contributed by atoms with van der Waals surface area (Å²) in [5.74, 6) is -0.325. The van der Waals surface area contributed by atoms with Crippen molar-refractivity contribution in [1.82, 2.24) is 0 Å². The Hall–Kier alpha value is -0.960. The van der Waals surface area contributed by atoms with Crippen LogP contribution in [0.3, 0.4) is 0 Å². The fourth-order valence-corrected chi connectivity index (χ4v) is 3.63. The summed E-state index contributed by atoms with van der Waals surface area (Å²) in [5.41, 5.74) is 0.127. The second-order valence-electron chi connectivity index (χ2n) is 3.78. The molecule has 17 heavy (non-hydrogen) atoms. The number of hydrogen-bond acceptors (Lipinski definition) is 4. The molecule has 0 saturated carbocycles. The molecule has 2 N–H and O–H groups in total. The first-order valence-electron chi connectivity index (χ1n) is 4.63. The predicted octanol–water partition coefficient (Wildman–Crippen LogP) is 1.30. The zero-order chi connectivity index (χ0) is 13.4. The van der Waals surface area contributed by atoms with Gasteiger partial charge in [0.15, 0.2) is 0 Å². The van der Waals surface area contributed by atoms with Gasteiger partial charge in [0.2, 0.25) is 0 Å². The minimum atomic E-state index is -4.73. The van der Waals surface area contributed by atoms with Crippen molar-refractivity contribution in [2.24, 2.45) is 0 Å². The van der Waals surface area contributed by atoms with Crippen molar-refractivity contribution in [2.45, 2.75) is 29.6 Å². The summed E-state index contributed by atoms with van der Waals surface area (Å²) in [7, 11) is -9.44. The van der Waals surface area contributed by atoms with E-state index < -0.39 is 30.0 Å². The zero-order valence-corrected chi connectivity index (χ0v) is 10.8. The van der Waals surface area contributed by atoms with Crippen molar-refractivity contribution in [3.05, 3.63) is 23.8 Å². The van der Waals surface area contributed by atoms with Crippen LogP contribution in [0.15, 0.2) is 28.0 Å². The molecule has 1 aromatic carbocycles. The average molecular weight is 280 g/mol. The van der Waals surface area contributed by atoms with Crippen molar-refractivity contribution in [3.63, 3.8) is 0 Å². The Morgan fingerprint density at radius 1 is 1.00 bits per heavy atom. The van der Waals surface area contributed by atoms with E-state index in [9.17, 15) is 16.8 Å². The van der Waals surface area contributed by atoms with E-state index in [-0.39, 0.29) is 11.5 Å². The van der Waals surface area contributed by atoms with Crippen molar-refractivity contribution in [1.29, 1.82) is 0 Å². The second kappa shape index (κ2) is 4.37. The van der Waals surface area contributed by atoms with Gasteiger partial charge in [-0.05, 0) is 17.5 Å². The van der Waals surface area contributed by atoms with Crippen molar-refractivity contribution < 1.29 is 25.9 Å². The molecule has 1 aromatic rings. The molecule has 0 saturated heterocycles. The highest BCUT2D eigenvalue weighted by atomic mass is 32.2. The van der Waals surface area contributed by atoms with Gasteiger partial charge in [-0.15, -0.1) is 0 Å². The van der Waals surface area contributed by atoms with Gasteiger partial charge >= 0.3 is 0 Å². The van der Waals surface area contributed by atoms with E-state index in [2.05, 4.69) is 0 Å². The molecule has 0 atom stereocenters. The van der Waals surface area contributed by atoms with E-state index >= 15 is 0 Å². The lowest BCUT2D eigenvalue weighted by molar-refractivity contribution is 0.464. The predicted molar refractivity (Wildman–Crippen MR) is 60.2 cm³/mol. The Bertz CT molecular complexity index is 627. The molecule has 96 valence electrons. The van der Waals surface area contributed by atoms with E-state index in [1.807, 2.05) is 0 Å². The average Bonchev–Trinajstić information content (AvgIpc) is 2.13. The van der Waals surface area contributed by atoms with E-state index in [1.165, 1.54) is 12.1 Å². The molecule has 0 bridgehead atoms. The molecule has 0 unspecified atom stereocenters. The third kappa shape index (κ3) is 3.03. The fraction of sp³-hybridized carbons (Fsp3) is 0.333. The molecule has 0 aromatic heterocycles. The maximum Gasteiger partial charge on any atom is 0.296 e. The lowest BCUT2D eigenvalue weighted by Gasteiger charge is -2.13. The molecule has 1 rings (SSSR count). The number of benzene rings is 1. The lowest BCUT2D eigenvalue weighted by atomic mass is 10.0. The Kier molecular flexibility index (Phi) is 3.63. The molecule has 0 aliphatic heterocycles. The van der Waals surface area contributed by atoms with Gasteiger partial charge < -0.3 is 0 Å². The van der Waals surface area contributed by atoms with Gasteiger partial charge in [0, 0.05) is 0 Å². The highest BCUT2D eigenvalue weighted by molar-refractivity contribution is 7.89. The SMILES string of the molecule is CC(C)c1cccc(S(=O)(=O)O)c1S(=O)(=O)O. The van der Waals surface area contributed by atoms with Crippen LogP contribution in [0.4, 0.5) is 0 Å². The minimum absolute atomic E-state index is 0.127. The summed E-state index contributed by atoms with van der Waals surface area (Å²) in [6.45, 7) is 3.27. The van der Waals surface area contributed by atoms with Gasteiger partial charge in [-0.25, -0.2) is 0 Å². The second-order valence-corrected chi connectivity index (χ2v) is 6.53. The monoisotopic (exact) mass is 280 g/mol. The first kappa shape index (κ1) is 14.1. The molecule has 0 heterocycles. The first-order chi connectivity index (χ1) is 7.55. The summed E-state index contributed by atoms with van der Waals surface area (Å²) >= 11 is 0. The standard InChI is InChI=1S/C9H12O6S2/c1-6(2)7-4-3-5-8(16(10,11)12)9(7)17(13,14)15/h3-6H,1-2H3,(H,10,11,12)(H,13,14,15).